The molecule has 3 aromatic rings. The SMILES string of the molecule is COCC(Oc1cnc(N2CC(NC(=O)OC(C)(C)C)C(c3cc(F)ccc3F)C2)nc1)C1CCN(c2nc(C(C)C)no2)CC1. The van der Waals surface area contributed by atoms with Crippen LogP contribution in [0.25, 0.3) is 0 Å². The van der Waals surface area contributed by atoms with Gasteiger partial charge in [-0.05, 0) is 57.4 Å². The summed E-state index contributed by atoms with van der Waals surface area (Å²) in [5, 5.41) is 6.91. The van der Waals surface area contributed by atoms with Crippen LogP contribution in [0, 0.1) is 17.6 Å². The van der Waals surface area contributed by atoms with Gasteiger partial charge in [-0.3, -0.25) is 0 Å². The van der Waals surface area contributed by atoms with Crippen molar-refractivity contribution in [2.24, 2.45) is 5.92 Å². The van der Waals surface area contributed by atoms with Crippen molar-refractivity contribution in [1.82, 2.24) is 25.4 Å². The highest BCUT2D eigenvalue weighted by molar-refractivity contribution is 5.68. The van der Waals surface area contributed by atoms with Gasteiger partial charge in [-0.1, -0.05) is 19.0 Å². The fourth-order valence-electron chi connectivity index (χ4n) is 5.88. The highest BCUT2D eigenvalue weighted by atomic mass is 19.1. The number of carbonyl (C=O) groups excluding carboxylic acids is 1. The summed E-state index contributed by atoms with van der Waals surface area (Å²) in [5.41, 5.74) is -0.555. The number of hydrogen-bond acceptors (Lipinski definition) is 11. The maximum absolute atomic E-state index is 14.9. The van der Waals surface area contributed by atoms with Crippen LogP contribution in [0.2, 0.25) is 0 Å². The van der Waals surface area contributed by atoms with Crippen LogP contribution in [0.4, 0.5) is 25.5 Å². The standard InChI is InChI=1S/C32H43F2N7O5/c1-19(2)28-38-30(46-39-28)40-11-9-20(10-12-40)27(18-43-6)44-22-14-35-29(36-15-22)41-16-24(23-13-21(33)7-8-25(23)34)26(17-41)37-31(42)45-32(3,4)5/h7-8,13-15,19-20,24,26-27H,9-12,16-18H2,1-6H3,(H,37,42). The normalized spacial score (nSPS) is 19.8. The Hall–Kier alpha value is -4.07. The van der Waals surface area contributed by atoms with Gasteiger partial charge in [0, 0.05) is 51.0 Å². The van der Waals surface area contributed by atoms with Gasteiger partial charge in [0.1, 0.15) is 23.3 Å². The Labute approximate surface area is 267 Å². The maximum atomic E-state index is 14.9. The van der Waals surface area contributed by atoms with Gasteiger partial charge in [0.25, 0.3) is 0 Å². The van der Waals surface area contributed by atoms with Crippen LogP contribution in [0.3, 0.4) is 0 Å². The van der Waals surface area contributed by atoms with Gasteiger partial charge in [0.05, 0.1) is 25.0 Å². The summed E-state index contributed by atoms with van der Waals surface area (Å²) in [6.45, 7) is 11.8. The van der Waals surface area contributed by atoms with Crippen molar-refractivity contribution in [3.8, 4) is 5.75 Å². The molecule has 2 fully saturated rings. The Balaban J connectivity index is 1.24. The average Bonchev–Trinajstić information content (AvgIpc) is 3.66. The van der Waals surface area contributed by atoms with Crippen LogP contribution in [-0.4, -0.2) is 83.8 Å². The molecule has 0 aliphatic carbocycles. The molecule has 0 saturated carbocycles. The Bertz CT molecular complexity index is 1460. The molecule has 1 N–H and O–H groups in total. The summed E-state index contributed by atoms with van der Waals surface area (Å²) < 4.78 is 51.7. The number of aromatic nitrogens is 4. The van der Waals surface area contributed by atoms with Crippen molar-refractivity contribution >= 4 is 18.1 Å². The largest absolute Gasteiger partial charge is 0.484 e. The first-order chi connectivity index (χ1) is 21.9. The summed E-state index contributed by atoms with van der Waals surface area (Å²) in [6.07, 6.45) is 4.04. The number of halogens is 2. The second-order valence-electron chi connectivity index (χ2n) is 13.2. The minimum atomic E-state index is -0.718. The van der Waals surface area contributed by atoms with Crippen LogP contribution in [0.15, 0.2) is 35.1 Å². The van der Waals surface area contributed by atoms with Crippen LogP contribution in [0.5, 0.6) is 5.75 Å². The molecule has 4 heterocycles. The second kappa shape index (κ2) is 14.1. The molecule has 3 unspecified atom stereocenters. The molecule has 14 heteroatoms. The molecule has 1 aromatic carbocycles. The quantitative estimate of drug-likeness (QED) is 0.318. The molecule has 46 heavy (non-hydrogen) atoms. The predicted octanol–water partition coefficient (Wildman–Crippen LogP) is 5.07. The molecule has 2 saturated heterocycles. The summed E-state index contributed by atoms with van der Waals surface area (Å²) >= 11 is 0. The monoisotopic (exact) mass is 643 g/mol. The highest BCUT2D eigenvalue weighted by Gasteiger charge is 2.39. The van der Waals surface area contributed by atoms with Crippen LogP contribution in [-0.2, 0) is 9.47 Å². The fraction of sp³-hybridized carbons (Fsp3) is 0.594. The summed E-state index contributed by atoms with van der Waals surface area (Å²) in [7, 11) is 1.64. The van der Waals surface area contributed by atoms with Crippen molar-refractivity contribution in [2.75, 3.05) is 49.7 Å². The number of ether oxygens (including phenoxy) is 3. The predicted molar refractivity (Wildman–Crippen MR) is 166 cm³/mol. The number of rotatable bonds is 10. The van der Waals surface area contributed by atoms with E-state index in [1.807, 2.05) is 18.7 Å². The van der Waals surface area contributed by atoms with E-state index in [2.05, 4.69) is 30.3 Å². The lowest BCUT2D eigenvalue weighted by atomic mass is 9.91. The van der Waals surface area contributed by atoms with Crippen molar-refractivity contribution in [2.45, 2.75) is 77.0 Å². The first-order valence-corrected chi connectivity index (χ1v) is 15.7. The van der Waals surface area contributed by atoms with Gasteiger partial charge in [0.2, 0.25) is 5.95 Å². The van der Waals surface area contributed by atoms with E-state index >= 15 is 0 Å². The number of piperidine rings is 1. The number of benzene rings is 1. The molecule has 2 aromatic heterocycles. The number of methoxy groups -OCH3 is 1. The van der Waals surface area contributed by atoms with Gasteiger partial charge in [0.15, 0.2) is 11.6 Å². The molecular formula is C32H43F2N7O5. The number of nitrogens with one attached hydrogen (secondary N) is 1. The van der Waals surface area contributed by atoms with E-state index < -0.39 is 35.3 Å². The molecule has 5 rings (SSSR count). The third-order valence-corrected chi connectivity index (χ3v) is 8.18. The zero-order valence-electron chi connectivity index (χ0n) is 27.2. The Morgan fingerprint density at radius 1 is 1.11 bits per heavy atom. The van der Waals surface area contributed by atoms with Gasteiger partial charge in [-0.15, -0.1) is 0 Å². The van der Waals surface area contributed by atoms with E-state index in [4.69, 9.17) is 18.7 Å². The molecule has 0 spiro atoms. The van der Waals surface area contributed by atoms with Gasteiger partial charge >= 0.3 is 12.1 Å². The summed E-state index contributed by atoms with van der Waals surface area (Å²) in [5.74, 6) is 0.300. The zero-order chi connectivity index (χ0) is 33.0. The number of carbonyl (C=O) groups is 1. The molecule has 12 nitrogen and oxygen atoms in total. The molecule has 250 valence electrons. The molecule has 2 aliphatic heterocycles. The van der Waals surface area contributed by atoms with E-state index in [0.29, 0.717) is 30.1 Å². The Morgan fingerprint density at radius 2 is 1.83 bits per heavy atom. The van der Waals surface area contributed by atoms with Crippen LogP contribution >= 0.6 is 0 Å². The number of anilines is 2. The summed E-state index contributed by atoms with van der Waals surface area (Å²) in [4.78, 5) is 30.1. The number of hydrogen-bond donors (Lipinski definition) is 1. The van der Waals surface area contributed by atoms with E-state index in [1.54, 1.807) is 40.3 Å². The van der Waals surface area contributed by atoms with Crippen molar-refractivity contribution in [3.63, 3.8) is 0 Å². The van der Waals surface area contributed by atoms with Gasteiger partial charge in [-0.25, -0.2) is 23.5 Å². The minimum absolute atomic E-state index is 0.163. The molecule has 3 atom stereocenters. The molecule has 2 aliphatic rings. The van der Waals surface area contributed by atoms with Gasteiger partial charge in [-0.2, -0.15) is 4.98 Å². The lowest BCUT2D eigenvalue weighted by Crippen LogP contribution is -2.43. The first-order valence-electron chi connectivity index (χ1n) is 15.7. The average molecular weight is 644 g/mol. The lowest BCUT2D eigenvalue weighted by molar-refractivity contribution is 0.0340. The lowest BCUT2D eigenvalue weighted by Gasteiger charge is -2.34. The molecule has 1 amide bonds. The molecular weight excluding hydrogens is 600 g/mol. The smallest absolute Gasteiger partial charge is 0.407 e. The molecule has 0 bridgehead atoms. The van der Waals surface area contributed by atoms with Crippen molar-refractivity contribution in [1.29, 1.82) is 0 Å². The van der Waals surface area contributed by atoms with Crippen molar-refractivity contribution < 1.29 is 32.3 Å². The zero-order valence-corrected chi connectivity index (χ0v) is 27.2. The summed E-state index contributed by atoms with van der Waals surface area (Å²) in [6, 6.07) is 3.29. The third kappa shape index (κ3) is 8.20. The van der Waals surface area contributed by atoms with Crippen LogP contribution < -0.4 is 19.9 Å². The number of alkyl carbamates (subject to hydrolysis) is 1. The topological polar surface area (TPSA) is 128 Å². The highest BCUT2D eigenvalue weighted by Crippen LogP contribution is 2.33. The van der Waals surface area contributed by atoms with E-state index in [9.17, 15) is 13.6 Å². The van der Waals surface area contributed by atoms with E-state index in [0.717, 1.165) is 44.1 Å². The Morgan fingerprint density at radius 3 is 2.46 bits per heavy atom. The second-order valence-corrected chi connectivity index (χ2v) is 13.2. The number of nitrogens with zero attached hydrogens (tertiary/aromatic N) is 6. The van der Waals surface area contributed by atoms with E-state index in [1.165, 1.54) is 0 Å². The van der Waals surface area contributed by atoms with Gasteiger partial charge < -0.3 is 33.9 Å². The van der Waals surface area contributed by atoms with Crippen LogP contribution in [0.1, 0.15) is 70.7 Å². The Kier molecular flexibility index (Phi) is 10.2. The third-order valence-electron chi connectivity index (χ3n) is 8.18. The fourth-order valence-corrected chi connectivity index (χ4v) is 5.88. The van der Waals surface area contributed by atoms with E-state index in [-0.39, 0.29) is 36.6 Å². The minimum Gasteiger partial charge on any atom is -0.484 e. The first kappa shape index (κ1) is 33.3. The number of amides is 1. The van der Waals surface area contributed by atoms with Crippen molar-refractivity contribution in [3.05, 3.63) is 53.6 Å². The molecule has 0 radical (unpaired) electrons. The maximum Gasteiger partial charge on any atom is 0.407 e.